The zero-order valence-electron chi connectivity index (χ0n) is 15.8. The second kappa shape index (κ2) is 8.91. The number of anilines is 2. The SMILES string of the molecule is Cc1c(Cl)cccc1NC(=O)COC(=O)c1cc([N+](=O)[O-])ccc1N1CCCC1. The molecular weight excluding hydrogens is 398 g/mol. The maximum Gasteiger partial charge on any atom is 0.341 e. The van der Waals surface area contributed by atoms with Gasteiger partial charge in [-0.25, -0.2) is 4.79 Å². The molecule has 1 aliphatic heterocycles. The van der Waals surface area contributed by atoms with Crippen molar-refractivity contribution >= 4 is 40.5 Å². The third kappa shape index (κ3) is 4.83. The molecular formula is C20H20ClN3O5. The molecule has 0 aliphatic carbocycles. The van der Waals surface area contributed by atoms with Crippen molar-refractivity contribution < 1.29 is 19.2 Å². The van der Waals surface area contributed by atoms with E-state index in [2.05, 4.69) is 5.32 Å². The van der Waals surface area contributed by atoms with E-state index in [1.54, 1.807) is 31.2 Å². The first-order valence-electron chi connectivity index (χ1n) is 9.12. The third-order valence-electron chi connectivity index (χ3n) is 4.73. The molecule has 1 aliphatic rings. The monoisotopic (exact) mass is 417 g/mol. The fourth-order valence-electron chi connectivity index (χ4n) is 3.17. The van der Waals surface area contributed by atoms with Gasteiger partial charge in [-0.15, -0.1) is 0 Å². The minimum atomic E-state index is -0.784. The third-order valence-corrected chi connectivity index (χ3v) is 5.14. The zero-order chi connectivity index (χ0) is 21.0. The number of carbonyl (C=O) groups excluding carboxylic acids is 2. The smallest absolute Gasteiger partial charge is 0.341 e. The average molecular weight is 418 g/mol. The first-order valence-corrected chi connectivity index (χ1v) is 9.50. The maximum absolute atomic E-state index is 12.6. The molecule has 9 heteroatoms. The molecule has 2 aromatic carbocycles. The van der Waals surface area contributed by atoms with Crippen LogP contribution >= 0.6 is 11.6 Å². The van der Waals surface area contributed by atoms with E-state index < -0.39 is 23.4 Å². The molecule has 0 bridgehead atoms. The van der Waals surface area contributed by atoms with Crippen LogP contribution in [0, 0.1) is 17.0 Å². The highest BCUT2D eigenvalue weighted by molar-refractivity contribution is 6.31. The van der Waals surface area contributed by atoms with E-state index in [0.29, 0.717) is 22.0 Å². The number of benzene rings is 2. The number of amides is 1. The Bertz CT molecular complexity index is 957. The van der Waals surface area contributed by atoms with Crippen molar-refractivity contribution in [3.63, 3.8) is 0 Å². The van der Waals surface area contributed by atoms with E-state index in [9.17, 15) is 19.7 Å². The Kier molecular flexibility index (Phi) is 6.33. The van der Waals surface area contributed by atoms with Gasteiger partial charge in [0.15, 0.2) is 6.61 Å². The lowest BCUT2D eigenvalue weighted by molar-refractivity contribution is -0.384. The highest BCUT2D eigenvalue weighted by atomic mass is 35.5. The Morgan fingerprint density at radius 1 is 1.24 bits per heavy atom. The molecule has 8 nitrogen and oxygen atoms in total. The summed E-state index contributed by atoms with van der Waals surface area (Å²) in [7, 11) is 0. The van der Waals surface area contributed by atoms with Gasteiger partial charge in [0.25, 0.3) is 11.6 Å². The summed E-state index contributed by atoms with van der Waals surface area (Å²) in [5.41, 5.74) is 1.66. The fourth-order valence-corrected chi connectivity index (χ4v) is 3.35. The first kappa shape index (κ1) is 20.6. The largest absolute Gasteiger partial charge is 0.452 e. The van der Waals surface area contributed by atoms with Gasteiger partial charge in [-0.1, -0.05) is 17.7 Å². The van der Waals surface area contributed by atoms with Crippen molar-refractivity contribution in [1.82, 2.24) is 0 Å². The Morgan fingerprint density at radius 2 is 1.97 bits per heavy atom. The molecule has 1 fully saturated rings. The van der Waals surface area contributed by atoms with Crippen LogP contribution < -0.4 is 10.2 Å². The Hall–Kier alpha value is -3.13. The van der Waals surface area contributed by atoms with Crippen LogP contribution in [-0.2, 0) is 9.53 Å². The van der Waals surface area contributed by atoms with Crippen molar-refractivity contribution in [3.8, 4) is 0 Å². The van der Waals surface area contributed by atoms with Gasteiger partial charge in [0.05, 0.1) is 16.2 Å². The summed E-state index contributed by atoms with van der Waals surface area (Å²) < 4.78 is 5.13. The molecule has 1 amide bonds. The van der Waals surface area contributed by atoms with Crippen LogP contribution in [0.4, 0.5) is 17.1 Å². The second-order valence-electron chi connectivity index (χ2n) is 6.69. The van der Waals surface area contributed by atoms with Crippen LogP contribution in [0.3, 0.4) is 0 Å². The van der Waals surface area contributed by atoms with Crippen molar-refractivity contribution in [3.05, 3.63) is 62.7 Å². The molecule has 0 saturated carbocycles. The van der Waals surface area contributed by atoms with E-state index in [4.69, 9.17) is 16.3 Å². The molecule has 29 heavy (non-hydrogen) atoms. The van der Waals surface area contributed by atoms with Gasteiger partial charge in [-0.3, -0.25) is 14.9 Å². The Labute approximate surface area is 172 Å². The zero-order valence-corrected chi connectivity index (χ0v) is 16.6. The van der Waals surface area contributed by atoms with Gasteiger partial charge in [0, 0.05) is 35.9 Å². The minimum absolute atomic E-state index is 0.0767. The first-order chi connectivity index (χ1) is 13.9. The lowest BCUT2D eigenvalue weighted by atomic mass is 10.1. The molecule has 0 unspecified atom stereocenters. The van der Waals surface area contributed by atoms with Crippen LogP contribution in [0.1, 0.15) is 28.8 Å². The standard InChI is InChI=1S/C20H20ClN3O5/c1-13-16(21)5-4-6-17(13)22-19(25)12-29-20(26)15-11-14(24(27)28)7-8-18(15)23-9-2-3-10-23/h4-8,11H,2-3,9-10,12H2,1H3,(H,22,25). The Balaban J connectivity index is 1.72. The summed E-state index contributed by atoms with van der Waals surface area (Å²) in [4.78, 5) is 37.3. The molecule has 0 spiro atoms. The molecule has 1 heterocycles. The quantitative estimate of drug-likeness (QED) is 0.433. The summed E-state index contributed by atoms with van der Waals surface area (Å²) in [5.74, 6) is -1.31. The van der Waals surface area contributed by atoms with Crippen molar-refractivity contribution in [2.45, 2.75) is 19.8 Å². The minimum Gasteiger partial charge on any atom is -0.452 e. The number of nitro groups is 1. The highest BCUT2D eigenvalue weighted by Gasteiger charge is 2.24. The number of hydrogen-bond acceptors (Lipinski definition) is 6. The lowest BCUT2D eigenvalue weighted by Crippen LogP contribution is -2.24. The van der Waals surface area contributed by atoms with Gasteiger partial charge >= 0.3 is 5.97 Å². The van der Waals surface area contributed by atoms with Crippen LogP contribution in [-0.4, -0.2) is 36.5 Å². The van der Waals surface area contributed by atoms with E-state index in [1.165, 1.54) is 12.1 Å². The second-order valence-corrected chi connectivity index (χ2v) is 7.10. The number of nitrogens with one attached hydrogen (secondary N) is 1. The van der Waals surface area contributed by atoms with Gasteiger partial charge in [0.1, 0.15) is 0 Å². The normalized spacial score (nSPS) is 13.2. The Morgan fingerprint density at radius 3 is 2.66 bits per heavy atom. The number of esters is 1. The summed E-state index contributed by atoms with van der Waals surface area (Å²) in [6.45, 7) is 2.75. The van der Waals surface area contributed by atoms with E-state index >= 15 is 0 Å². The lowest BCUT2D eigenvalue weighted by Gasteiger charge is -2.20. The predicted octanol–water partition coefficient (Wildman–Crippen LogP) is 3.95. The van der Waals surface area contributed by atoms with Gasteiger partial charge in [0.2, 0.25) is 0 Å². The number of nitrogens with zero attached hydrogens (tertiary/aromatic N) is 2. The van der Waals surface area contributed by atoms with Crippen LogP contribution in [0.5, 0.6) is 0 Å². The molecule has 1 saturated heterocycles. The van der Waals surface area contributed by atoms with E-state index in [1.807, 2.05) is 4.90 Å². The number of rotatable bonds is 6. The van der Waals surface area contributed by atoms with Crippen molar-refractivity contribution in [2.24, 2.45) is 0 Å². The van der Waals surface area contributed by atoms with Crippen molar-refractivity contribution in [2.75, 3.05) is 29.9 Å². The molecule has 0 atom stereocenters. The number of hydrogen-bond donors (Lipinski definition) is 1. The number of ether oxygens (including phenoxy) is 1. The van der Waals surface area contributed by atoms with Gasteiger partial charge in [-0.05, 0) is 43.5 Å². The molecule has 0 radical (unpaired) electrons. The van der Waals surface area contributed by atoms with Crippen LogP contribution in [0.25, 0.3) is 0 Å². The van der Waals surface area contributed by atoms with Crippen molar-refractivity contribution in [1.29, 1.82) is 0 Å². The van der Waals surface area contributed by atoms with E-state index in [0.717, 1.165) is 25.9 Å². The molecule has 152 valence electrons. The van der Waals surface area contributed by atoms with Gasteiger partial charge < -0.3 is 15.0 Å². The summed E-state index contributed by atoms with van der Waals surface area (Å²) in [6, 6.07) is 9.19. The summed E-state index contributed by atoms with van der Waals surface area (Å²) >= 11 is 6.03. The van der Waals surface area contributed by atoms with Crippen LogP contribution in [0.2, 0.25) is 5.02 Å². The molecule has 3 rings (SSSR count). The molecule has 0 aromatic heterocycles. The van der Waals surface area contributed by atoms with E-state index in [-0.39, 0.29) is 11.3 Å². The number of nitro benzene ring substituents is 1. The van der Waals surface area contributed by atoms with Gasteiger partial charge in [-0.2, -0.15) is 0 Å². The number of halogens is 1. The molecule has 1 N–H and O–H groups in total. The number of non-ortho nitro benzene ring substituents is 1. The summed E-state index contributed by atoms with van der Waals surface area (Å²) in [5, 5.41) is 14.2. The fraction of sp³-hybridized carbons (Fsp3) is 0.300. The predicted molar refractivity (Wildman–Crippen MR) is 110 cm³/mol. The molecule has 2 aromatic rings. The van der Waals surface area contributed by atoms with Crippen LogP contribution in [0.15, 0.2) is 36.4 Å². The number of carbonyl (C=O) groups is 2. The summed E-state index contributed by atoms with van der Waals surface area (Å²) in [6.07, 6.45) is 1.96. The topological polar surface area (TPSA) is 102 Å². The maximum atomic E-state index is 12.6. The highest BCUT2D eigenvalue weighted by Crippen LogP contribution is 2.29. The average Bonchev–Trinajstić information content (AvgIpc) is 3.24.